The van der Waals surface area contributed by atoms with Crippen LogP contribution in [0.3, 0.4) is 0 Å². The number of imide groups is 1. The van der Waals surface area contributed by atoms with Crippen molar-refractivity contribution in [1.29, 1.82) is 0 Å². The van der Waals surface area contributed by atoms with Gasteiger partial charge in [-0.1, -0.05) is 0 Å². The van der Waals surface area contributed by atoms with Gasteiger partial charge < -0.3 is 4.57 Å². The molecule has 19 heavy (non-hydrogen) atoms. The zero-order chi connectivity index (χ0) is 14.0. The number of nitrogens with one attached hydrogen (secondary N) is 1. The number of rotatable bonds is 5. The van der Waals surface area contributed by atoms with Crippen LogP contribution in [0.4, 0.5) is 0 Å². The minimum Gasteiger partial charge on any atom is -0.317 e. The van der Waals surface area contributed by atoms with Gasteiger partial charge >= 0.3 is 0 Å². The Morgan fingerprint density at radius 3 is 2.79 bits per heavy atom. The molecule has 1 atom stereocenters. The van der Waals surface area contributed by atoms with Crippen LogP contribution < -0.4 is 5.32 Å². The van der Waals surface area contributed by atoms with Gasteiger partial charge in [0.05, 0.1) is 19.0 Å². The van der Waals surface area contributed by atoms with E-state index < -0.39 is 6.04 Å². The number of carbonyl (C=O) groups excluding carboxylic acids is 2. The Balaban J connectivity index is 1.98. The van der Waals surface area contributed by atoms with Crippen LogP contribution in [0, 0.1) is 0 Å². The Bertz CT molecular complexity index is 482. The van der Waals surface area contributed by atoms with Crippen molar-refractivity contribution >= 4 is 11.8 Å². The summed E-state index contributed by atoms with van der Waals surface area (Å²) in [5, 5.41) is 10.9. The molecule has 7 nitrogen and oxygen atoms in total. The lowest BCUT2D eigenvalue weighted by atomic mass is 10.2. The van der Waals surface area contributed by atoms with Gasteiger partial charge in [0.1, 0.15) is 12.2 Å². The molecule has 1 aromatic heterocycles. The smallest absolute Gasteiger partial charge is 0.247 e. The van der Waals surface area contributed by atoms with Crippen molar-refractivity contribution < 1.29 is 9.59 Å². The van der Waals surface area contributed by atoms with Crippen molar-refractivity contribution in [3.8, 4) is 0 Å². The molecule has 2 rings (SSSR count). The van der Waals surface area contributed by atoms with Gasteiger partial charge in [0.15, 0.2) is 0 Å². The number of likely N-dealkylation sites (tertiary alicyclic amines) is 1. The molecule has 104 valence electrons. The molecule has 0 radical (unpaired) electrons. The van der Waals surface area contributed by atoms with Crippen LogP contribution in [0.2, 0.25) is 0 Å². The van der Waals surface area contributed by atoms with Crippen molar-refractivity contribution in [3.63, 3.8) is 0 Å². The quantitative estimate of drug-likeness (QED) is 0.753. The van der Waals surface area contributed by atoms with E-state index in [1.165, 1.54) is 4.90 Å². The zero-order valence-electron chi connectivity index (χ0n) is 11.5. The number of hydrogen-bond donors (Lipinski definition) is 1. The highest BCUT2D eigenvalue weighted by Crippen LogP contribution is 2.16. The van der Waals surface area contributed by atoms with Crippen LogP contribution in [0.25, 0.3) is 0 Å². The van der Waals surface area contributed by atoms with E-state index in [-0.39, 0.29) is 24.3 Å². The van der Waals surface area contributed by atoms with Crippen LogP contribution in [0.5, 0.6) is 0 Å². The van der Waals surface area contributed by atoms with E-state index in [4.69, 9.17) is 0 Å². The van der Waals surface area contributed by atoms with Crippen LogP contribution in [-0.2, 0) is 22.7 Å². The molecule has 2 heterocycles. The van der Waals surface area contributed by atoms with Gasteiger partial charge in [-0.15, -0.1) is 10.2 Å². The van der Waals surface area contributed by atoms with Gasteiger partial charge in [-0.3, -0.25) is 19.8 Å². The summed E-state index contributed by atoms with van der Waals surface area (Å²) >= 11 is 0. The van der Waals surface area contributed by atoms with Gasteiger partial charge in [0, 0.05) is 12.6 Å². The molecule has 0 aromatic carbocycles. The summed E-state index contributed by atoms with van der Waals surface area (Å²) in [6.07, 6.45) is 1.87. The maximum atomic E-state index is 12.1. The maximum absolute atomic E-state index is 12.1. The molecule has 1 fully saturated rings. The highest BCUT2D eigenvalue weighted by atomic mass is 16.2. The number of hydrogen-bond acceptors (Lipinski definition) is 5. The monoisotopic (exact) mass is 265 g/mol. The molecular formula is C12H19N5O2. The SMILES string of the molecule is CCn1cnnc1CNC1CC(=O)N(C(C)C)C1=O. The van der Waals surface area contributed by atoms with Crippen LogP contribution in [0.1, 0.15) is 33.0 Å². The van der Waals surface area contributed by atoms with Gasteiger partial charge in [-0.05, 0) is 20.8 Å². The highest BCUT2D eigenvalue weighted by Gasteiger charge is 2.39. The Kier molecular flexibility index (Phi) is 3.94. The zero-order valence-corrected chi connectivity index (χ0v) is 11.5. The number of aromatic nitrogens is 3. The molecular weight excluding hydrogens is 246 g/mol. The van der Waals surface area contributed by atoms with E-state index in [0.29, 0.717) is 6.54 Å². The topological polar surface area (TPSA) is 80.1 Å². The van der Waals surface area contributed by atoms with Gasteiger partial charge in [0.2, 0.25) is 11.8 Å². The third-order valence-electron chi connectivity index (χ3n) is 3.24. The van der Waals surface area contributed by atoms with Crippen molar-refractivity contribution in [2.75, 3.05) is 0 Å². The molecule has 2 amide bonds. The van der Waals surface area contributed by atoms with Crippen molar-refractivity contribution in [1.82, 2.24) is 25.0 Å². The minimum atomic E-state index is -0.447. The average Bonchev–Trinajstić information content (AvgIpc) is 2.91. The van der Waals surface area contributed by atoms with E-state index in [9.17, 15) is 9.59 Å². The first-order valence-electron chi connectivity index (χ1n) is 6.50. The fraction of sp³-hybridized carbons (Fsp3) is 0.667. The molecule has 1 N–H and O–H groups in total. The molecule has 0 spiro atoms. The van der Waals surface area contributed by atoms with Crippen molar-refractivity contribution in [2.24, 2.45) is 0 Å². The van der Waals surface area contributed by atoms with E-state index in [1.54, 1.807) is 6.33 Å². The van der Waals surface area contributed by atoms with Gasteiger partial charge in [-0.25, -0.2) is 0 Å². The molecule has 1 aromatic rings. The predicted octanol–water partition coefficient (Wildman–Crippen LogP) is -0.0765. The fourth-order valence-electron chi connectivity index (χ4n) is 2.25. The summed E-state index contributed by atoms with van der Waals surface area (Å²) in [6.45, 7) is 6.89. The summed E-state index contributed by atoms with van der Waals surface area (Å²) in [4.78, 5) is 25.1. The van der Waals surface area contributed by atoms with E-state index >= 15 is 0 Å². The molecule has 0 bridgehead atoms. The molecule has 1 saturated heterocycles. The summed E-state index contributed by atoms with van der Waals surface area (Å²) in [5.41, 5.74) is 0. The van der Waals surface area contributed by atoms with Crippen LogP contribution in [0.15, 0.2) is 6.33 Å². The first-order valence-corrected chi connectivity index (χ1v) is 6.50. The normalized spacial score (nSPS) is 19.8. The second-order valence-electron chi connectivity index (χ2n) is 4.87. The molecule has 0 saturated carbocycles. The predicted molar refractivity (Wildman–Crippen MR) is 67.9 cm³/mol. The lowest BCUT2D eigenvalue weighted by Crippen LogP contribution is -2.41. The fourth-order valence-corrected chi connectivity index (χ4v) is 2.25. The van der Waals surface area contributed by atoms with Gasteiger partial charge in [-0.2, -0.15) is 0 Å². The number of carbonyl (C=O) groups is 2. The maximum Gasteiger partial charge on any atom is 0.247 e. The highest BCUT2D eigenvalue weighted by molar-refractivity contribution is 6.05. The lowest BCUT2D eigenvalue weighted by Gasteiger charge is -2.19. The average molecular weight is 265 g/mol. The standard InChI is InChI=1S/C12H19N5O2/c1-4-16-7-14-15-10(16)6-13-9-5-11(18)17(8(2)3)12(9)19/h7-9,13H,4-6H2,1-3H3. The van der Waals surface area contributed by atoms with E-state index in [1.807, 2.05) is 25.3 Å². The van der Waals surface area contributed by atoms with Gasteiger partial charge in [0.25, 0.3) is 0 Å². The van der Waals surface area contributed by atoms with E-state index in [2.05, 4.69) is 15.5 Å². The Labute approximate surface area is 112 Å². The first kappa shape index (κ1) is 13.7. The van der Waals surface area contributed by atoms with Crippen molar-refractivity contribution in [2.45, 2.75) is 52.4 Å². The summed E-state index contributed by atoms with van der Waals surface area (Å²) in [5.74, 6) is 0.503. The van der Waals surface area contributed by atoms with E-state index in [0.717, 1.165) is 12.4 Å². The summed E-state index contributed by atoms with van der Waals surface area (Å²) in [7, 11) is 0. The molecule has 1 unspecified atom stereocenters. The minimum absolute atomic E-state index is 0.0916. The molecule has 1 aliphatic rings. The second kappa shape index (κ2) is 5.48. The van der Waals surface area contributed by atoms with Crippen LogP contribution >= 0.6 is 0 Å². The Hall–Kier alpha value is -1.76. The number of aryl methyl sites for hydroxylation is 1. The second-order valence-corrected chi connectivity index (χ2v) is 4.87. The lowest BCUT2D eigenvalue weighted by molar-refractivity contribution is -0.140. The number of amides is 2. The third kappa shape index (κ3) is 2.65. The number of nitrogens with zero attached hydrogens (tertiary/aromatic N) is 4. The summed E-state index contributed by atoms with van der Waals surface area (Å²) in [6, 6.07) is -0.539. The largest absolute Gasteiger partial charge is 0.317 e. The van der Waals surface area contributed by atoms with Crippen LogP contribution in [-0.4, -0.2) is 43.6 Å². The molecule has 1 aliphatic heterocycles. The summed E-state index contributed by atoms with van der Waals surface area (Å²) < 4.78 is 1.90. The first-order chi connectivity index (χ1) is 9.04. The van der Waals surface area contributed by atoms with Crippen molar-refractivity contribution in [3.05, 3.63) is 12.2 Å². The molecule has 0 aliphatic carbocycles. The Morgan fingerprint density at radius 2 is 2.21 bits per heavy atom. The Morgan fingerprint density at radius 1 is 1.47 bits per heavy atom. The molecule has 7 heteroatoms. The third-order valence-corrected chi connectivity index (χ3v) is 3.24.